The Bertz CT molecular complexity index is 629. The van der Waals surface area contributed by atoms with Gasteiger partial charge in [0.1, 0.15) is 18.4 Å². The SMILES string of the molecule is CCN(C)C(C(=O)Nc1ccc(OCCO)cc1)c1ccccc1. The minimum absolute atomic E-state index is 0.0272. The van der Waals surface area contributed by atoms with Crippen molar-refractivity contribution < 1.29 is 14.6 Å². The van der Waals surface area contributed by atoms with Gasteiger partial charge in [-0.3, -0.25) is 9.69 Å². The standard InChI is InChI=1S/C19H24N2O3/c1-3-21(2)18(15-7-5-4-6-8-15)19(23)20-16-9-11-17(12-10-16)24-14-13-22/h4-12,18,22H,3,13-14H2,1-2H3,(H,20,23). The molecule has 24 heavy (non-hydrogen) atoms. The van der Waals surface area contributed by atoms with Crippen LogP contribution >= 0.6 is 0 Å². The maximum atomic E-state index is 12.8. The van der Waals surface area contributed by atoms with E-state index in [1.54, 1.807) is 24.3 Å². The molecular formula is C19H24N2O3. The predicted octanol–water partition coefficient (Wildman–Crippen LogP) is 2.69. The molecule has 0 aliphatic rings. The molecule has 128 valence electrons. The van der Waals surface area contributed by atoms with Gasteiger partial charge in [0.2, 0.25) is 5.91 Å². The molecule has 5 heteroatoms. The van der Waals surface area contributed by atoms with Gasteiger partial charge in [0.15, 0.2) is 0 Å². The average Bonchev–Trinajstić information content (AvgIpc) is 2.62. The van der Waals surface area contributed by atoms with Crippen LogP contribution in [-0.2, 0) is 4.79 Å². The number of carbonyl (C=O) groups is 1. The van der Waals surface area contributed by atoms with E-state index in [-0.39, 0.29) is 25.2 Å². The second-order valence-electron chi connectivity index (χ2n) is 5.47. The number of benzene rings is 2. The predicted molar refractivity (Wildman–Crippen MR) is 95.1 cm³/mol. The van der Waals surface area contributed by atoms with E-state index in [1.165, 1.54) is 0 Å². The summed E-state index contributed by atoms with van der Waals surface area (Å²) in [5.74, 6) is 0.585. The number of amides is 1. The molecule has 0 aliphatic carbocycles. The van der Waals surface area contributed by atoms with Crippen LogP contribution in [0.4, 0.5) is 5.69 Å². The molecule has 0 aliphatic heterocycles. The second kappa shape index (κ2) is 9.05. The van der Waals surface area contributed by atoms with E-state index in [2.05, 4.69) is 5.32 Å². The van der Waals surface area contributed by atoms with E-state index in [0.29, 0.717) is 11.4 Å². The van der Waals surface area contributed by atoms with Crippen LogP contribution in [0.2, 0.25) is 0 Å². The summed E-state index contributed by atoms with van der Waals surface area (Å²) in [5, 5.41) is 11.7. The second-order valence-corrected chi connectivity index (χ2v) is 5.47. The molecule has 0 saturated carbocycles. The summed E-state index contributed by atoms with van der Waals surface area (Å²) in [7, 11) is 1.93. The van der Waals surface area contributed by atoms with Gasteiger partial charge < -0.3 is 15.2 Å². The van der Waals surface area contributed by atoms with Crippen LogP contribution in [0, 0.1) is 0 Å². The third-order valence-electron chi connectivity index (χ3n) is 3.79. The highest BCUT2D eigenvalue weighted by atomic mass is 16.5. The van der Waals surface area contributed by atoms with E-state index in [9.17, 15) is 4.79 Å². The number of ether oxygens (including phenoxy) is 1. The zero-order valence-electron chi connectivity index (χ0n) is 14.1. The molecule has 1 unspecified atom stereocenters. The van der Waals surface area contributed by atoms with Gasteiger partial charge in [0.25, 0.3) is 0 Å². The van der Waals surface area contributed by atoms with Gasteiger partial charge in [0, 0.05) is 5.69 Å². The van der Waals surface area contributed by atoms with Crippen molar-refractivity contribution in [3.63, 3.8) is 0 Å². The molecule has 0 heterocycles. The Morgan fingerprint density at radius 1 is 1.17 bits per heavy atom. The highest BCUT2D eigenvalue weighted by molar-refractivity contribution is 5.95. The molecule has 2 aromatic carbocycles. The fraction of sp³-hybridized carbons (Fsp3) is 0.316. The molecule has 5 nitrogen and oxygen atoms in total. The molecule has 0 radical (unpaired) electrons. The summed E-state index contributed by atoms with van der Waals surface area (Å²) < 4.78 is 5.32. The zero-order chi connectivity index (χ0) is 17.4. The van der Waals surface area contributed by atoms with E-state index >= 15 is 0 Å². The van der Waals surface area contributed by atoms with Gasteiger partial charge in [0.05, 0.1) is 6.61 Å². The molecule has 1 amide bonds. The lowest BCUT2D eigenvalue weighted by Gasteiger charge is -2.26. The van der Waals surface area contributed by atoms with Crippen molar-refractivity contribution >= 4 is 11.6 Å². The fourth-order valence-electron chi connectivity index (χ4n) is 2.43. The largest absolute Gasteiger partial charge is 0.491 e. The van der Waals surface area contributed by atoms with Gasteiger partial charge in [-0.25, -0.2) is 0 Å². The molecule has 2 aromatic rings. The van der Waals surface area contributed by atoms with Crippen molar-refractivity contribution in [2.75, 3.05) is 32.1 Å². The number of aliphatic hydroxyl groups excluding tert-OH is 1. The summed E-state index contributed by atoms with van der Waals surface area (Å²) in [6.45, 7) is 3.01. The number of rotatable bonds is 8. The van der Waals surface area contributed by atoms with Crippen molar-refractivity contribution in [3.8, 4) is 5.75 Å². The van der Waals surface area contributed by atoms with Crippen molar-refractivity contribution in [1.29, 1.82) is 0 Å². The molecular weight excluding hydrogens is 304 g/mol. The summed E-state index contributed by atoms with van der Waals surface area (Å²) in [4.78, 5) is 14.8. The Morgan fingerprint density at radius 3 is 2.42 bits per heavy atom. The first kappa shape index (κ1) is 18.0. The quantitative estimate of drug-likeness (QED) is 0.782. The van der Waals surface area contributed by atoms with Crippen molar-refractivity contribution in [3.05, 3.63) is 60.2 Å². The number of likely N-dealkylation sites (N-methyl/N-ethyl adjacent to an activating group) is 1. The van der Waals surface area contributed by atoms with Gasteiger partial charge in [-0.05, 0) is 43.4 Å². The number of nitrogens with zero attached hydrogens (tertiary/aromatic N) is 1. The number of hydrogen-bond acceptors (Lipinski definition) is 4. The Hall–Kier alpha value is -2.37. The Morgan fingerprint density at radius 2 is 1.83 bits per heavy atom. The van der Waals surface area contributed by atoms with E-state index < -0.39 is 0 Å². The monoisotopic (exact) mass is 328 g/mol. The molecule has 2 rings (SSSR count). The Kier molecular flexibility index (Phi) is 6.78. The van der Waals surface area contributed by atoms with Crippen LogP contribution in [0.3, 0.4) is 0 Å². The first-order valence-corrected chi connectivity index (χ1v) is 8.05. The minimum atomic E-state index is -0.346. The number of nitrogens with one attached hydrogen (secondary N) is 1. The molecule has 0 fully saturated rings. The summed E-state index contributed by atoms with van der Waals surface area (Å²) in [6, 6.07) is 16.5. The molecule has 2 N–H and O–H groups in total. The van der Waals surface area contributed by atoms with Crippen molar-refractivity contribution in [2.45, 2.75) is 13.0 Å². The summed E-state index contributed by atoms with van der Waals surface area (Å²) >= 11 is 0. The van der Waals surface area contributed by atoms with Crippen LogP contribution in [-0.4, -0.2) is 42.7 Å². The van der Waals surface area contributed by atoms with Gasteiger partial charge in [-0.15, -0.1) is 0 Å². The smallest absolute Gasteiger partial charge is 0.246 e. The topological polar surface area (TPSA) is 61.8 Å². The van der Waals surface area contributed by atoms with Crippen LogP contribution in [0.25, 0.3) is 0 Å². The first-order chi connectivity index (χ1) is 11.7. The zero-order valence-corrected chi connectivity index (χ0v) is 14.1. The summed E-state index contributed by atoms with van der Waals surface area (Å²) in [6.07, 6.45) is 0. The number of aliphatic hydroxyl groups is 1. The average molecular weight is 328 g/mol. The van der Waals surface area contributed by atoms with E-state index in [1.807, 2.05) is 49.2 Å². The number of anilines is 1. The highest BCUT2D eigenvalue weighted by Gasteiger charge is 2.24. The third kappa shape index (κ3) is 4.81. The highest BCUT2D eigenvalue weighted by Crippen LogP contribution is 2.22. The Labute approximate surface area is 142 Å². The van der Waals surface area contributed by atoms with Crippen LogP contribution in [0.5, 0.6) is 5.75 Å². The lowest BCUT2D eigenvalue weighted by atomic mass is 10.0. The molecule has 0 aromatic heterocycles. The van der Waals surface area contributed by atoms with E-state index in [0.717, 1.165) is 12.1 Å². The van der Waals surface area contributed by atoms with Gasteiger partial charge in [-0.1, -0.05) is 37.3 Å². The molecule has 1 atom stereocenters. The molecule has 0 bridgehead atoms. The first-order valence-electron chi connectivity index (χ1n) is 8.05. The van der Waals surface area contributed by atoms with E-state index in [4.69, 9.17) is 9.84 Å². The van der Waals surface area contributed by atoms with Crippen LogP contribution in [0.15, 0.2) is 54.6 Å². The fourth-order valence-corrected chi connectivity index (χ4v) is 2.43. The number of carbonyl (C=O) groups excluding carboxylic acids is 1. The maximum Gasteiger partial charge on any atom is 0.246 e. The van der Waals surface area contributed by atoms with Crippen molar-refractivity contribution in [2.24, 2.45) is 0 Å². The van der Waals surface area contributed by atoms with Gasteiger partial charge >= 0.3 is 0 Å². The Balaban J connectivity index is 2.10. The number of hydrogen-bond donors (Lipinski definition) is 2. The molecule has 0 saturated heterocycles. The summed E-state index contributed by atoms with van der Waals surface area (Å²) in [5.41, 5.74) is 1.67. The normalized spacial score (nSPS) is 12.0. The minimum Gasteiger partial charge on any atom is -0.491 e. The maximum absolute atomic E-state index is 12.8. The van der Waals surface area contributed by atoms with Crippen LogP contribution in [0.1, 0.15) is 18.5 Å². The van der Waals surface area contributed by atoms with Gasteiger partial charge in [-0.2, -0.15) is 0 Å². The third-order valence-corrected chi connectivity index (χ3v) is 3.79. The van der Waals surface area contributed by atoms with Crippen molar-refractivity contribution in [1.82, 2.24) is 4.90 Å². The lowest BCUT2D eigenvalue weighted by molar-refractivity contribution is -0.121. The molecule has 0 spiro atoms. The lowest BCUT2D eigenvalue weighted by Crippen LogP contribution is -2.34. The van der Waals surface area contributed by atoms with Crippen LogP contribution < -0.4 is 10.1 Å².